The number of amides is 3. The van der Waals surface area contributed by atoms with Crippen molar-refractivity contribution in [1.29, 1.82) is 0 Å². The highest BCUT2D eigenvalue weighted by Crippen LogP contribution is 2.36. The second-order valence-corrected chi connectivity index (χ2v) is 9.95. The van der Waals surface area contributed by atoms with Crippen LogP contribution in [-0.4, -0.2) is 55.9 Å². The summed E-state index contributed by atoms with van der Waals surface area (Å²) in [6.45, 7) is -0.706. The number of rotatable bonds is 9. The fourth-order valence-corrected chi connectivity index (χ4v) is 4.95. The predicted molar refractivity (Wildman–Crippen MR) is 150 cm³/mol. The van der Waals surface area contributed by atoms with Gasteiger partial charge in [-0.25, -0.2) is 9.80 Å². The van der Waals surface area contributed by atoms with Crippen LogP contribution in [0.1, 0.15) is 43.9 Å². The molecule has 222 valence electrons. The van der Waals surface area contributed by atoms with E-state index in [0.29, 0.717) is 17.9 Å². The molecular weight excluding hydrogens is 576 g/mol. The van der Waals surface area contributed by atoms with Gasteiger partial charge in [-0.1, -0.05) is 12.2 Å². The number of carbonyl (C=O) groups excluding carboxylic acids is 5. The second kappa shape index (κ2) is 12.1. The van der Waals surface area contributed by atoms with Gasteiger partial charge in [0.15, 0.2) is 5.78 Å². The Labute approximate surface area is 248 Å². The summed E-state index contributed by atoms with van der Waals surface area (Å²) in [6, 6.07) is 14.6. The molecule has 0 N–H and O–H groups in total. The third kappa shape index (κ3) is 5.81. The molecular formula is C30H22N4O10. The molecule has 2 aliphatic rings. The molecule has 0 unspecified atom stereocenters. The van der Waals surface area contributed by atoms with Gasteiger partial charge in [-0.3, -0.25) is 39.4 Å². The fraction of sp³-hybridized carbons (Fsp3) is 0.167. The lowest BCUT2D eigenvalue weighted by Gasteiger charge is -2.30. The van der Waals surface area contributed by atoms with Crippen LogP contribution in [0.15, 0.2) is 84.9 Å². The lowest BCUT2D eigenvalue weighted by molar-refractivity contribution is -0.385. The molecule has 5 rings (SSSR count). The van der Waals surface area contributed by atoms with E-state index in [1.807, 2.05) is 0 Å². The standard InChI is InChI=1S/C30H22N4O10/c35-26(18-9-15-23(16-10-18)44-30(39)20-7-13-22(14-8-20)34(42)43)17-31(27(36)19-5-11-21(12-6-19)33(40)41)32-28(37)24-3-1-2-4-25(24)29(32)38/h1-2,5-16,24-25H,3-4,17H2/t24-,25+. The molecule has 1 aliphatic heterocycles. The van der Waals surface area contributed by atoms with Gasteiger partial charge in [0, 0.05) is 35.4 Å². The summed E-state index contributed by atoms with van der Waals surface area (Å²) >= 11 is 0. The molecule has 1 heterocycles. The Morgan fingerprint density at radius 2 is 1.18 bits per heavy atom. The smallest absolute Gasteiger partial charge is 0.343 e. The van der Waals surface area contributed by atoms with Crippen molar-refractivity contribution in [2.24, 2.45) is 11.8 Å². The van der Waals surface area contributed by atoms with Crippen LogP contribution in [0.4, 0.5) is 11.4 Å². The summed E-state index contributed by atoms with van der Waals surface area (Å²) in [7, 11) is 0. The number of fused-ring (bicyclic) bond motifs is 1. The molecule has 3 amide bonds. The molecule has 0 radical (unpaired) electrons. The number of nitro groups is 2. The van der Waals surface area contributed by atoms with E-state index in [-0.39, 0.29) is 33.8 Å². The molecule has 0 spiro atoms. The number of ether oxygens (including phenoxy) is 1. The summed E-state index contributed by atoms with van der Waals surface area (Å²) in [5.74, 6) is -4.87. The number of allylic oxidation sites excluding steroid dienone is 2. The summed E-state index contributed by atoms with van der Waals surface area (Å²) in [4.78, 5) is 86.6. The highest BCUT2D eigenvalue weighted by molar-refractivity contribution is 6.09. The Hall–Kier alpha value is -6.05. The van der Waals surface area contributed by atoms with Crippen molar-refractivity contribution < 1.29 is 38.6 Å². The fourth-order valence-electron chi connectivity index (χ4n) is 4.95. The molecule has 14 heteroatoms. The maximum Gasteiger partial charge on any atom is 0.343 e. The number of hydrogen-bond donors (Lipinski definition) is 0. The largest absolute Gasteiger partial charge is 0.423 e. The van der Waals surface area contributed by atoms with Crippen molar-refractivity contribution in [3.05, 3.63) is 122 Å². The number of carbonyl (C=O) groups is 5. The molecule has 1 saturated heterocycles. The number of nitro benzene ring substituents is 2. The number of nitrogens with zero attached hydrogens (tertiary/aromatic N) is 4. The molecule has 0 saturated carbocycles. The lowest BCUT2D eigenvalue weighted by Crippen LogP contribution is -2.52. The first-order valence-electron chi connectivity index (χ1n) is 13.2. The Bertz CT molecular complexity index is 1690. The van der Waals surface area contributed by atoms with Crippen LogP contribution in [0.3, 0.4) is 0 Å². The van der Waals surface area contributed by atoms with Gasteiger partial charge in [-0.05, 0) is 61.4 Å². The minimum Gasteiger partial charge on any atom is -0.423 e. The van der Waals surface area contributed by atoms with Gasteiger partial charge >= 0.3 is 5.97 Å². The Balaban J connectivity index is 1.35. The molecule has 1 fully saturated rings. The molecule has 3 aromatic carbocycles. The average molecular weight is 599 g/mol. The van der Waals surface area contributed by atoms with Gasteiger partial charge in [0.05, 0.1) is 27.2 Å². The van der Waals surface area contributed by atoms with E-state index in [4.69, 9.17) is 4.74 Å². The third-order valence-corrected chi connectivity index (χ3v) is 7.28. The zero-order chi connectivity index (χ0) is 31.5. The maximum absolute atomic E-state index is 13.6. The van der Waals surface area contributed by atoms with Crippen LogP contribution >= 0.6 is 0 Å². The topological polar surface area (TPSA) is 187 Å². The van der Waals surface area contributed by atoms with E-state index < -0.39 is 57.7 Å². The minimum absolute atomic E-state index is 0.0604. The number of hydrogen-bond acceptors (Lipinski definition) is 10. The van der Waals surface area contributed by atoms with Crippen LogP contribution in [0.5, 0.6) is 5.75 Å². The van der Waals surface area contributed by atoms with E-state index in [0.717, 1.165) is 29.3 Å². The Morgan fingerprint density at radius 3 is 1.66 bits per heavy atom. The average Bonchev–Trinajstić information content (AvgIpc) is 3.28. The third-order valence-electron chi connectivity index (χ3n) is 7.28. The van der Waals surface area contributed by atoms with E-state index >= 15 is 0 Å². The molecule has 44 heavy (non-hydrogen) atoms. The van der Waals surface area contributed by atoms with Gasteiger partial charge in [0.2, 0.25) is 0 Å². The number of ketones is 1. The zero-order valence-corrected chi connectivity index (χ0v) is 22.7. The lowest BCUT2D eigenvalue weighted by atomic mass is 9.85. The highest BCUT2D eigenvalue weighted by Gasteiger charge is 2.51. The van der Waals surface area contributed by atoms with Crippen LogP contribution in [0.25, 0.3) is 0 Å². The van der Waals surface area contributed by atoms with Crippen molar-refractivity contribution >= 4 is 40.8 Å². The van der Waals surface area contributed by atoms with Crippen LogP contribution in [0.2, 0.25) is 0 Å². The number of hydrazine groups is 1. The van der Waals surface area contributed by atoms with Gasteiger partial charge in [0.1, 0.15) is 12.3 Å². The summed E-state index contributed by atoms with van der Waals surface area (Å²) in [5, 5.41) is 23.3. The number of Topliss-reactive ketones (excluding diaryl/α,β-unsaturated/α-hetero) is 1. The molecule has 2 atom stereocenters. The number of esters is 1. The summed E-state index contributed by atoms with van der Waals surface area (Å²) < 4.78 is 5.27. The van der Waals surface area contributed by atoms with Crippen molar-refractivity contribution in [3.63, 3.8) is 0 Å². The number of benzene rings is 3. The number of imide groups is 1. The van der Waals surface area contributed by atoms with E-state index in [1.165, 1.54) is 48.5 Å². The Kier molecular flexibility index (Phi) is 8.06. The summed E-state index contributed by atoms with van der Waals surface area (Å²) in [6.07, 6.45) is 4.16. The number of non-ortho nitro benzene ring substituents is 2. The van der Waals surface area contributed by atoms with Crippen molar-refractivity contribution in [1.82, 2.24) is 10.0 Å². The van der Waals surface area contributed by atoms with Crippen LogP contribution < -0.4 is 4.74 Å². The quantitative estimate of drug-likeness (QED) is 0.0664. The molecule has 3 aromatic rings. The van der Waals surface area contributed by atoms with E-state index in [1.54, 1.807) is 12.2 Å². The predicted octanol–water partition coefficient (Wildman–Crippen LogP) is 3.91. The van der Waals surface area contributed by atoms with Crippen LogP contribution in [0, 0.1) is 32.1 Å². The first kappa shape index (κ1) is 29.4. The zero-order valence-electron chi connectivity index (χ0n) is 22.7. The molecule has 1 aliphatic carbocycles. The molecule has 0 aromatic heterocycles. The van der Waals surface area contributed by atoms with Crippen molar-refractivity contribution in [3.8, 4) is 5.75 Å². The maximum atomic E-state index is 13.6. The van der Waals surface area contributed by atoms with Gasteiger partial charge in [-0.15, -0.1) is 0 Å². The van der Waals surface area contributed by atoms with Crippen LogP contribution in [-0.2, 0) is 9.59 Å². The molecule has 0 bridgehead atoms. The Morgan fingerprint density at radius 1 is 0.727 bits per heavy atom. The summed E-state index contributed by atoms with van der Waals surface area (Å²) in [5.41, 5.74) is -0.417. The van der Waals surface area contributed by atoms with E-state index in [9.17, 15) is 44.2 Å². The normalized spacial score (nSPS) is 17.1. The minimum atomic E-state index is -0.879. The van der Waals surface area contributed by atoms with Gasteiger partial charge < -0.3 is 4.74 Å². The second-order valence-electron chi connectivity index (χ2n) is 9.95. The monoisotopic (exact) mass is 598 g/mol. The van der Waals surface area contributed by atoms with Crippen molar-refractivity contribution in [2.45, 2.75) is 12.8 Å². The first-order chi connectivity index (χ1) is 21.0. The van der Waals surface area contributed by atoms with E-state index in [2.05, 4.69) is 0 Å². The highest BCUT2D eigenvalue weighted by atomic mass is 16.6. The first-order valence-corrected chi connectivity index (χ1v) is 13.2. The van der Waals surface area contributed by atoms with Crippen molar-refractivity contribution in [2.75, 3.05) is 6.54 Å². The van der Waals surface area contributed by atoms with Gasteiger partial charge in [-0.2, -0.15) is 5.01 Å². The molecule has 14 nitrogen and oxygen atoms in total. The SMILES string of the molecule is O=C(CN(C(=O)c1ccc([N+](=O)[O-])cc1)N1C(=O)[C@H]2CC=CC[C@H]2C1=O)c1ccc(OC(=O)c2ccc([N+](=O)[O-])cc2)cc1. The van der Waals surface area contributed by atoms with Gasteiger partial charge in [0.25, 0.3) is 29.1 Å².